The van der Waals surface area contributed by atoms with E-state index in [4.69, 9.17) is 0 Å². The summed E-state index contributed by atoms with van der Waals surface area (Å²) in [7, 11) is -4.08. The molecule has 2 rings (SSSR count). The van der Waals surface area contributed by atoms with Crippen molar-refractivity contribution in [1.82, 2.24) is 4.90 Å². The molecule has 2 aromatic rings. The lowest BCUT2D eigenvalue weighted by Gasteiger charge is -2.30. The van der Waals surface area contributed by atoms with Gasteiger partial charge < -0.3 is 4.90 Å². The van der Waals surface area contributed by atoms with Crippen LogP contribution < -0.4 is 4.31 Å². The van der Waals surface area contributed by atoms with Crippen LogP contribution in [0.3, 0.4) is 0 Å². The van der Waals surface area contributed by atoms with Gasteiger partial charge in [-0.2, -0.15) is 0 Å². The number of carbonyl (C=O) groups is 1. The highest BCUT2D eigenvalue weighted by atomic mass is 32.2. The van der Waals surface area contributed by atoms with Crippen molar-refractivity contribution >= 4 is 21.6 Å². The molecule has 8 heteroatoms. The lowest BCUT2D eigenvalue weighted by molar-refractivity contribution is -0.131. The topological polar surface area (TPSA) is 57.7 Å². The lowest BCUT2D eigenvalue weighted by atomic mass is 10.2. The Kier molecular flexibility index (Phi) is 6.54. The third kappa shape index (κ3) is 5.26. The zero-order valence-corrected chi connectivity index (χ0v) is 16.2. The summed E-state index contributed by atoms with van der Waals surface area (Å²) in [6.07, 6.45) is 0.809. The Labute approximate surface area is 158 Å². The van der Waals surface area contributed by atoms with E-state index >= 15 is 0 Å². The minimum atomic E-state index is -4.08. The van der Waals surface area contributed by atoms with Gasteiger partial charge in [0.05, 0.1) is 6.26 Å². The van der Waals surface area contributed by atoms with Crippen molar-refractivity contribution in [3.05, 3.63) is 65.7 Å². The van der Waals surface area contributed by atoms with Gasteiger partial charge in [0.1, 0.15) is 12.2 Å². The Hall–Kier alpha value is -2.48. The lowest BCUT2D eigenvalue weighted by Crippen LogP contribution is -2.45. The molecule has 0 aliphatic carbocycles. The number of para-hydroxylation sites is 1. The Morgan fingerprint density at radius 1 is 1.00 bits per heavy atom. The van der Waals surface area contributed by atoms with Crippen LogP contribution in [0.1, 0.15) is 19.4 Å². The van der Waals surface area contributed by atoms with Crippen molar-refractivity contribution in [1.29, 1.82) is 0 Å². The van der Waals surface area contributed by atoms with Crippen molar-refractivity contribution in [2.45, 2.75) is 26.4 Å². The van der Waals surface area contributed by atoms with Crippen LogP contribution in [0.4, 0.5) is 14.5 Å². The maximum Gasteiger partial charge on any atom is 0.243 e. The Bertz CT molecular complexity index is 882. The fourth-order valence-electron chi connectivity index (χ4n) is 2.64. The number of halogens is 2. The number of rotatable bonds is 7. The van der Waals surface area contributed by atoms with Crippen LogP contribution in [-0.2, 0) is 21.4 Å². The molecule has 0 fully saturated rings. The number of anilines is 1. The van der Waals surface area contributed by atoms with E-state index in [1.165, 1.54) is 4.90 Å². The van der Waals surface area contributed by atoms with E-state index < -0.39 is 39.8 Å². The van der Waals surface area contributed by atoms with Crippen molar-refractivity contribution < 1.29 is 22.0 Å². The standard InChI is InChI=1S/C19H22F2N2O3S/c1-14(2)22(12-15-8-5-4-6-9-15)18(24)13-23(27(3,25)26)19-16(20)10-7-11-17(19)21/h4-11,14H,12-13H2,1-3H3. The highest BCUT2D eigenvalue weighted by Gasteiger charge is 2.29. The molecule has 0 aliphatic rings. The van der Waals surface area contributed by atoms with E-state index in [-0.39, 0.29) is 12.6 Å². The Morgan fingerprint density at radius 2 is 1.56 bits per heavy atom. The van der Waals surface area contributed by atoms with Crippen molar-refractivity contribution in [2.75, 3.05) is 17.1 Å². The minimum Gasteiger partial charge on any atom is -0.334 e. The van der Waals surface area contributed by atoms with Gasteiger partial charge in [0, 0.05) is 12.6 Å². The van der Waals surface area contributed by atoms with Gasteiger partial charge in [-0.3, -0.25) is 9.10 Å². The second-order valence-electron chi connectivity index (χ2n) is 6.44. The highest BCUT2D eigenvalue weighted by molar-refractivity contribution is 7.92. The van der Waals surface area contributed by atoms with Gasteiger partial charge in [-0.15, -0.1) is 0 Å². The number of nitrogens with zero attached hydrogens (tertiary/aromatic N) is 2. The summed E-state index contributed by atoms with van der Waals surface area (Å²) in [6, 6.07) is 12.0. The zero-order chi connectivity index (χ0) is 20.2. The normalized spacial score (nSPS) is 11.5. The van der Waals surface area contributed by atoms with Gasteiger partial charge >= 0.3 is 0 Å². The molecule has 0 aliphatic heterocycles. The van der Waals surface area contributed by atoms with Crippen LogP contribution in [0.5, 0.6) is 0 Å². The van der Waals surface area contributed by atoms with Crippen LogP contribution in [0.2, 0.25) is 0 Å². The molecule has 1 amide bonds. The first-order chi connectivity index (χ1) is 12.6. The quantitative estimate of drug-likeness (QED) is 0.722. The number of benzene rings is 2. The number of hydrogen-bond donors (Lipinski definition) is 0. The van der Waals surface area contributed by atoms with Crippen LogP contribution in [0, 0.1) is 11.6 Å². The van der Waals surface area contributed by atoms with E-state index in [2.05, 4.69) is 0 Å². The molecule has 0 unspecified atom stereocenters. The molecule has 0 spiro atoms. The monoisotopic (exact) mass is 396 g/mol. The van der Waals surface area contributed by atoms with Crippen LogP contribution in [-0.4, -0.2) is 38.1 Å². The smallest absolute Gasteiger partial charge is 0.243 e. The minimum absolute atomic E-state index is 0.232. The average Bonchev–Trinajstić information content (AvgIpc) is 2.58. The van der Waals surface area contributed by atoms with Gasteiger partial charge in [0.15, 0.2) is 11.6 Å². The van der Waals surface area contributed by atoms with Gasteiger partial charge in [-0.1, -0.05) is 36.4 Å². The summed E-state index contributed by atoms with van der Waals surface area (Å²) in [4.78, 5) is 14.3. The fourth-order valence-corrected chi connectivity index (χ4v) is 3.49. The molecule has 0 saturated carbocycles. The van der Waals surface area contributed by atoms with E-state index in [1.54, 1.807) is 13.8 Å². The van der Waals surface area contributed by atoms with E-state index in [9.17, 15) is 22.0 Å². The molecular formula is C19H22F2N2O3S. The molecule has 0 radical (unpaired) electrons. The number of sulfonamides is 1. The Morgan fingerprint density at radius 3 is 2.04 bits per heavy atom. The molecule has 27 heavy (non-hydrogen) atoms. The maximum atomic E-state index is 14.1. The average molecular weight is 396 g/mol. The zero-order valence-electron chi connectivity index (χ0n) is 15.4. The van der Waals surface area contributed by atoms with Gasteiger partial charge in [0.2, 0.25) is 15.9 Å². The van der Waals surface area contributed by atoms with E-state index in [0.717, 1.165) is 30.0 Å². The van der Waals surface area contributed by atoms with Gasteiger partial charge in [-0.25, -0.2) is 17.2 Å². The molecule has 5 nitrogen and oxygen atoms in total. The molecule has 0 saturated heterocycles. The fraction of sp³-hybridized carbons (Fsp3) is 0.316. The van der Waals surface area contributed by atoms with Crippen LogP contribution in [0.15, 0.2) is 48.5 Å². The second-order valence-corrected chi connectivity index (χ2v) is 8.35. The number of hydrogen-bond acceptors (Lipinski definition) is 3. The predicted molar refractivity (Wildman–Crippen MR) is 101 cm³/mol. The summed E-state index contributed by atoms with van der Waals surface area (Å²) in [5.74, 6) is -2.65. The number of amides is 1. The Balaban J connectivity index is 2.34. The largest absolute Gasteiger partial charge is 0.334 e. The summed E-state index contributed by atoms with van der Waals surface area (Å²) >= 11 is 0. The summed E-state index contributed by atoms with van der Waals surface area (Å²) in [5, 5.41) is 0. The molecule has 0 bridgehead atoms. The molecule has 146 valence electrons. The first kappa shape index (κ1) is 20.8. The summed E-state index contributed by atoms with van der Waals surface area (Å²) in [5.41, 5.74) is 0.110. The third-order valence-corrected chi connectivity index (χ3v) is 5.12. The van der Waals surface area contributed by atoms with Crippen molar-refractivity contribution in [3.63, 3.8) is 0 Å². The molecule has 0 aromatic heterocycles. The second kappa shape index (κ2) is 8.47. The SMILES string of the molecule is CC(C)N(Cc1ccccc1)C(=O)CN(c1c(F)cccc1F)S(C)(=O)=O. The van der Waals surface area contributed by atoms with Gasteiger partial charge in [0.25, 0.3) is 0 Å². The summed E-state index contributed by atoms with van der Waals surface area (Å²) in [6.45, 7) is 3.14. The molecule has 0 N–H and O–H groups in total. The van der Waals surface area contributed by atoms with E-state index in [0.29, 0.717) is 4.31 Å². The molecule has 0 heterocycles. The molecule has 2 aromatic carbocycles. The van der Waals surface area contributed by atoms with Gasteiger partial charge in [-0.05, 0) is 31.5 Å². The molecular weight excluding hydrogens is 374 g/mol. The van der Waals surface area contributed by atoms with Crippen molar-refractivity contribution in [3.8, 4) is 0 Å². The molecule has 0 atom stereocenters. The van der Waals surface area contributed by atoms with Crippen LogP contribution >= 0.6 is 0 Å². The maximum absolute atomic E-state index is 14.1. The first-order valence-corrected chi connectivity index (χ1v) is 10.2. The number of carbonyl (C=O) groups excluding carboxylic acids is 1. The highest BCUT2D eigenvalue weighted by Crippen LogP contribution is 2.25. The van der Waals surface area contributed by atoms with E-state index in [1.807, 2.05) is 30.3 Å². The third-order valence-electron chi connectivity index (χ3n) is 4.01. The van der Waals surface area contributed by atoms with Crippen LogP contribution in [0.25, 0.3) is 0 Å². The predicted octanol–water partition coefficient (Wildman–Crippen LogP) is 3.17. The first-order valence-electron chi connectivity index (χ1n) is 8.36. The van der Waals surface area contributed by atoms with Crippen molar-refractivity contribution in [2.24, 2.45) is 0 Å². The summed E-state index contributed by atoms with van der Waals surface area (Å²) < 4.78 is 53.0.